The minimum Gasteiger partial charge on any atom is -0.447 e. The molecule has 230 valence electrons. The number of hydrogen-bond donors (Lipinski definition) is 1. The van der Waals surface area contributed by atoms with Gasteiger partial charge in [-0.1, -0.05) is 55.4 Å². The molecule has 4 aliphatic carbocycles. The van der Waals surface area contributed by atoms with Crippen LogP contribution in [0.25, 0.3) is 11.1 Å². The van der Waals surface area contributed by atoms with Crippen molar-refractivity contribution < 1.29 is 33.0 Å². The van der Waals surface area contributed by atoms with E-state index < -0.39 is 28.9 Å². The number of hydrogen-bond acceptors (Lipinski definition) is 8. The topological polar surface area (TPSA) is 107 Å². The summed E-state index contributed by atoms with van der Waals surface area (Å²) in [4.78, 5) is 44.9. The zero-order valence-corrected chi connectivity index (χ0v) is 25.7. The molecule has 1 aromatic heterocycles. The number of esters is 1. The molecule has 3 aromatic rings. The number of para-hydroxylation sites is 2. The highest BCUT2D eigenvalue weighted by molar-refractivity contribution is 7.99. The number of rotatable bonds is 6. The largest absolute Gasteiger partial charge is 0.447 e. The molecule has 7 nitrogen and oxygen atoms in total. The smallest absolute Gasteiger partial charge is 0.342 e. The summed E-state index contributed by atoms with van der Waals surface area (Å²) >= 11 is 1.15. The molecule has 44 heavy (non-hydrogen) atoms. The monoisotopic (exact) mass is 617 g/mol. The number of nitrogens with zero attached hydrogens (tertiary/aromatic N) is 1. The van der Waals surface area contributed by atoms with Gasteiger partial charge in [-0.05, 0) is 92.0 Å². The Balaban J connectivity index is 1.24. The fourth-order valence-corrected chi connectivity index (χ4v) is 10.2. The third kappa shape index (κ3) is 4.41. The van der Waals surface area contributed by atoms with Gasteiger partial charge in [0.2, 0.25) is 0 Å². The predicted octanol–water partition coefficient (Wildman–Crippen LogP) is 6.73. The fraction of sp³-hybridized carbons (Fsp3) is 0.486. The summed E-state index contributed by atoms with van der Waals surface area (Å²) in [5.74, 6) is -1.77. The van der Waals surface area contributed by atoms with Crippen LogP contribution in [0.2, 0.25) is 0 Å². The second-order valence-corrected chi connectivity index (χ2v) is 14.4. The lowest BCUT2D eigenvalue weighted by Crippen LogP contribution is -2.63. The third-order valence-corrected chi connectivity index (χ3v) is 12.3. The van der Waals surface area contributed by atoms with Crippen LogP contribution in [0.1, 0.15) is 69.2 Å². The average Bonchev–Trinajstić information content (AvgIpc) is 3.54. The maximum Gasteiger partial charge on any atom is 0.342 e. The van der Waals surface area contributed by atoms with E-state index in [4.69, 9.17) is 9.15 Å². The number of benzene rings is 2. The van der Waals surface area contributed by atoms with Gasteiger partial charge >= 0.3 is 5.97 Å². The Kier molecular flexibility index (Phi) is 7.12. The Bertz CT molecular complexity index is 1670. The quantitative estimate of drug-likeness (QED) is 0.240. The SMILES string of the molecule is CC12CCC(=O)C=C1CCC1C2[C@@H](O)CC2(C)C1CC[C@]2(OC(=O)c1ccccc1F)C(=O)CSc1nc2ccccc2o1. The van der Waals surface area contributed by atoms with Crippen molar-refractivity contribution in [3.63, 3.8) is 0 Å². The maximum absolute atomic E-state index is 14.8. The first-order valence-electron chi connectivity index (χ1n) is 15.5. The summed E-state index contributed by atoms with van der Waals surface area (Å²) < 4.78 is 26.9. The van der Waals surface area contributed by atoms with Gasteiger partial charge in [0, 0.05) is 11.8 Å². The molecule has 0 aliphatic heterocycles. The molecule has 0 saturated heterocycles. The lowest BCUT2D eigenvalue weighted by atomic mass is 9.45. The Labute approximate surface area is 259 Å². The van der Waals surface area contributed by atoms with Crippen molar-refractivity contribution in [2.45, 2.75) is 75.7 Å². The van der Waals surface area contributed by atoms with Gasteiger partial charge < -0.3 is 14.3 Å². The van der Waals surface area contributed by atoms with E-state index in [1.807, 2.05) is 31.2 Å². The number of ether oxygens (including phenoxy) is 1. The molecular formula is C35H36FNO6S. The number of carbonyl (C=O) groups excluding carboxylic acids is 3. The molecule has 0 radical (unpaired) electrons. The number of aromatic nitrogens is 1. The van der Waals surface area contributed by atoms with Crippen LogP contribution in [0.4, 0.5) is 4.39 Å². The van der Waals surface area contributed by atoms with Crippen LogP contribution in [0, 0.1) is 34.4 Å². The van der Waals surface area contributed by atoms with Crippen LogP contribution in [0.3, 0.4) is 0 Å². The second-order valence-electron chi connectivity index (χ2n) is 13.5. The van der Waals surface area contributed by atoms with Crippen LogP contribution in [0.15, 0.2) is 69.8 Å². The first-order chi connectivity index (χ1) is 21.1. The van der Waals surface area contributed by atoms with Crippen LogP contribution >= 0.6 is 11.8 Å². The van der Waals surface area contributed by atoms with Gasteiger partial charge in [-0.15, -0.1) is 0 Å². The molecule has 3 saturated carbocycles. The molecule has 0 amide bonds. The van der Waals surface area contributed by atoms with Crippen molar-refractivity contribution >= 4 is 40.4 Å². The molecule has 7 rings (SSSR count). The minimum atomic E-state index is -1.57. The summed E-state index contributed by atoms with van der Waals surface area (Å²) in [6, 6.07) is 13.0. The van der Waals surface area contributed by atoms with Gasteiger partial charge in [0.05, 0.1) is 17.4 Å². The van der Waals surface area contributed by atoms with Gasteiger partial charge in [0.15, 0.2) is 22.8 Å². The van der Waals surface area contributed by atoms with E-state index in [1.54, 1.807) is 12.1 Å². The Hall–Kier alpha value is -3.30. The molecule has 4 aliphatic rings. The summed E-state index contributed by atoms with van der Waals surface area (Å²) in [7, 11) is 0. The van der Waals surface area contributed by atoms with Gasteiger partial charge in [0.1, 0.15) is 11.3 Å². The van der Waals surface area contributed by atoms with E-state index in [0.717, 1.165) is 30.2 Å². The normalized spacial score (nSPS) is 34.5. The first kappa shape index (κ1) is 29.4. The number of allylic oxidation sites excluding steroid dienone is 1. The van der Waals surface area contributed by atoms with E-state index in [2.05, 4.69) is 11.9 Å². The lowest BCUT2D eigenvalue weighted by molar-refractivity contribution is -0.180. The van der Waals surface area contributed by atoms with Crippen molar-refractivity contribution in [2.24, 2.45) is 28.6 Å². The van der Waals surface area contributed by atoms with Crippen molar-refractivity contribution in [1.29, 1.82) is 0 Å². The van der Waals surface area contributed by atoms with Gasteiger partial charge in [-0.25, -0.2) is 14.2 Å². The highest BCUT2D eigenvalue weighted by Crippen LogP contribution is 2.68. The number of aliphatic hydroxyl groups is 1. The van der Waals surface area contributed by atoms with Crippen LogP contribution in [-0.4, -0.2) is 45.1 Å². The summed E-state index contributed by atoms with van der Waals surface area (Å²) in [6.07, 6.45) is 4.95. The highest BCUT2D eigenvalue weighted by atomic mass is 32.2. The molecule has 1 heterocycles. The zero-order chi connectivity index (χ0) is 30.9. The summed E-state index contributed by atoms with van der Waals surface area (Å²) in [6.45, 7) is 4.15. The third-order valence-electron chi connectivity index (χ3n) is 11.4. The molecule has 0 bridgehead atoms. The van der Waals surface area contributed by atoms with Crippen LogP contribution < -0.4 is 0 Å². The molecule has 7 atom stereocenters. The van der Waals surface area contributed by atoms with Crippen LogP contribution in [-0.2, 0) is 14.3 Å². The van der Waals surface area contributed by atoms with Gasteiger partial charge in [-0.2, -0.15) is 0 Å². The molecule has 9 heteroatoms. The van der Waals surface area contributed by atoms with E-state index in [0.29, 0.717) is 35.6 Å². The van der Waals surface area contributed by atoms with Crippen LogP contribution in [0.5, 0.6) is 0 Å². The number of ketones is 2. The Morgan fingerprint density at radius 1 is 1.09 bits per heavy atom. The molecule has 5 unspecified atom stereocenters. The number of oxazole rings is 1. The summed E-state index contributed by atoms with van der Waals surface area (Å²) in [5, 5.41) is 12.3. The van der Waals surface area contributed by atoms with E-state index >= 15 is 0 Å². The minimum absolute atomic E-state index is 0.00130. The zero-order valence-electron chi connectivity index (χ0n) is 24.9. The predicted molar refractivity (Wildman–Crippen MR) is 162 cm³/mol. The van der Waals surface area contributed by atoms with E-state index in [-0.39, 0.29) is 58.9 Å². The molecular weight excluding hydrogens is 581 g/mol. The highest BCUT2D eigenvalue weighted by Gasteiger charge is 2.70. The van der Waals surface area contributed by atoms with Crippen molar-refractivity contribution in [2.75, 3.05) is 5.75 Å². The van der Waals surface area contributed by atoms with Crippen molar-refractivity contribution in [3.05, 3.63) is 71.6 Å². The average molecular weight is 618 g/mol. The van der Waals surface area contributed by atoms with Crippen molar-refractivity contribution in [3.8, 4) is 0 Å². The maximum atomic E-state index is 14.8. The summed E-state index contributed by atoms with van der Waals surface area (Å²) in [5.41, 5.74) is -0.545. The number of aliphatic hydroxyl groups excluding tert-OH is 1. The number of halogens is 1. The number of carbonyl (C=O) groups is 3. The standard InChI is InChI=1S/C35H36FNO6S/c1-33-15-13-21(38)17-20(33)11-12-22-24-14-16-35(34(24,2)18-27(39)30(22)33,43-31(41)23-7-3-4-8-25(23)36)29(40)19-44-32-37-26-9-5-6-10-28(26)42-32/h3-10,17,22,24,27,30,39H,11-16,18-19H2,1-2H3/t22?,24?,27-,30?,33?,34?,35-/m0/s1. The van der Waals surface area contributed by atoms with Gasteiger partial charge in [-0.3, -0.25) is 9.59 Å². The van der Waals surface area contributed by atoms with Gasteiger partial charge in [0.25, 0.3) is 5.22 Å². The molecule has 2 aromatic carbocycles. The number of Topliss-reactive ketones (excluding diaryl/α,β-unsaturated/α-hetero) is 1. The first-order valence-corrected chi connectivity index (χ1v) is 16.5. The molecule has 1 N–H and O–H groups in total. The van der Waals surface area contributed by atoms with E-state index in [9.17, 15) is 23.9 Å². The molecule has 0 spiro atoms. The Morgan fingerprint density at radius 2 is 1.86 bits per heavy atom. The lowest BCUT2D eigenvalue weighted by Gasteiger charge is -2.60. The fourth-order valence-electron chi connectivity index (χ4n) is 9.35. The second kappa shape index (κ2) is 10.7. The Morgan fingerprint density at radius 3 is 2.66 bits per heavy atom. The number of fused-ring (bicyclic) bond motifs is 6. The van der Waals surface area contributed by atoms with E-state index in [1.165, 1.54) is 18.2 Å². The van der Waals surface area contributed by atoms with Crippen molar-refractivity contribution in [1.82, 2.24) is 4.98 Å². The number of thioether (sulfide) groups is 1. The molecule has 3 fully saturated rings.